The highest BCUT2D eigenvalue weighted by molar-refractivity contribution is 5.37. The van der Waals surface area contributed by atoms with Gasteiger partial charge in [0.2, 0.25) is 0 Å². The van der Waals surface area contributed by atoms with Crippen LogP contribution in [0.1, 0.15) is 82.5 Å². The molecule has 0 radical (unpaired) electrons. The third-order valence-corrected chi connectivity index (χ3v) is 4.02. The van der Waals surface area contributed by atoms with E-state index in [2.05, 4.69) is 59.7 Å². The number of nitrogens with two attached hydrogens (primary N) is 1. The first-order valence-corrected chi connectivity index (χ1v) is 7.27. The highest BCUT2D eigenvalue weighted by Crippen LogP contribution is 2.31. The van der Waals surface area contributed by atoms with Gasteiger partial charge in [-0.25, -0.2) is 0 Å². The summed E-state index contributed by atoms with van der Waals surface area (Å²) in [5.41, 5.74) is 10.6. The summed E-state index contributed by atoms with van der Waals surface area (Å²) in [6.45, 7) is 13.5. The molecule has 2 atom stereocenters. The second-order valence-corrected chi connectivity index (χ2v) is 6.11. The van der Waals surface area contributed by atoms with Crippen molar-refractivity contribution in [1.29, 1.82) is 0 Å². The number of hydrogen-bond donors (Lipinski definition) is 1. The molecule has 0 heterocycles. The van der Waals surface area contributed by atoms with Crippen LogP contribution in [0.3, 0.4) is 0 Å². The first kappa shape index (κ1) is 15.2. The molecule has 1 rings (SSSR count). The van der Waals surface area contributed by atoms with Gasteiger partial charge in [0.15, 0.2) is 0 Å². The Balaban J connectivity index is 3.19. The molecule has 0 fully saturated rings. The van der Waals surface area contributed by atoms with E-state index in [-0.39, 0.29) is 6.04 Å². The topological polar surface area (TPSA) is 26.0 Å². The first-order valence-electron chi connectivity index (χ1n) is 7.27. The molecule has 1 aromatic carbocycles. The standard InChI is InChI=1S/C17H29N/c1-7-13(6)17(18)15-9-8-14(11(2)3)10-16(15)12(4)5/h8-13,17H,7,18H2,1-6H3. The highest BCUT2D eigenvalue weighted by atomic mass is 14.6. The smallest absolute Gasteiger partial charge is 0.0323 e. The van der Waals surface area contributed by atoms with Crippen LogP contribution >= 0.6 is 0 Å². The molecule has 0 bridgehead atoms. The zero-order chi connectivity index (χ0) is 13.9. The minimum Gasteiger partial charge on any atom is -0.324 e. The average Bonchev–Trinajstić information content (AvgIpc) is 2.35. The molecule has 2 unspecified atom stereocenters. The van der Waals surface area contributed by atoms with Gasteiger partial charge in [-0.1, -0.05) is 66.2 Å². The third-order valence-electron chi connectivity index (χ3n) is 4.02. The molecule has 0 saturated carbocycles. The minimum atomic E-state index is 0.161. The summed E-state index contributed by atoms with van der Waals surface area (Å²) in [6, 6.07) is 7.01. The molecule has 0 aromatic heterocycles. The Morgan fingerprint density at radius 3 is 2.00 bits per heavy atom. The van der Waals surface area contributed by atoms with Gasteiger partial charge in [-0.3, -0.25) is 0 Å². The second-order valence-electron chi connectivity index (χ2n) is 6.11. The lowest BCUT2D eigenvalue weighted by molar-refractivity contribution is 0.453. The molecule has 0 spiro atoms. The quantitative estimate of drug-likeness (QED) is 0.780. The van der Waals surface area contributed by atoms with Gasteiger partial charge in [-0.05, 0) is 34.4 Å². The van der Waals surface area contributed by atoms with E-state index in [9.17, 15) is 0 Å². The van der Waals surface area contributed by atoms with E-state index in [1.54, 1.807) is 0 Å². The molecule has 0 saturated heterocycles. The van der Waals surface area contributed by atoms with Crippen LogP contribution in [0.15, 0.2) is 18.2 Å². The molecule has 0 amide bonds. The predicted molar refractivity (Wildman–Crippen MR) is 81.0 cm³/mol. The van der Waals surface area contributed by atoms with Crippen LogP contribution in [0.5, 0.6) is 0 Å². The summed E-state index contributed by atoms with van der Waals surface area (Å²) in [5.74, 6) is 1.65. The van der Waals surface area contributed by atoms with Crippen LogP contribution < -0.4 is 5.73 Å². The molecule has 1 heteroatoms. The maximum absolute atomic E-state index is 6.41. The van der Waals surface area contributed by atoms with Gasteiger partial charge in [0.05, 0.1) is 0 Å². The van der Waals surface area contributed by atoms with Crippen LogP contribution in [-0.2, 0) is 0 Å². The lowest BCUT2D eigenvalue weighted by Crippen LogP contribution is -2.20. The summed E-state index contributed by atoms with van der Waals surface area (Å²) < 4.78 is 0. The van der Waals surface area contributed by atoms with E-state index in [0.717, 1.165) is 6.42 Å². The molecule has 102 valence electrons. The van der Waals surface area contributed by atoms with E-state index in [0.29, 0.717) is 17.8 Å². The largest absolute Gasteiger partial charge is 0.324 e. The Bertz CT molecular complexity index is 379. The van der Waals surface area contributed by atoms with Gasteiger partial charge in [0, 0.05) is 6.04 Å². The number of hydrogen-bond acceptors (Lipinski definition) is 1. The Labute approximate surface area is 113 Å². The number of benzene rings is 1. The van der Waals surface area contributed by atoms with Crippen molar-refractivity contribution in [1.82, 2.24) is 0 Å². The van der Waals surface area contributed by atoms with Crippen molar-refractivity contribution in [3.63, 3.8) is 0 Å². The van der Waals surface area contributed by atoms with Crippen molar-refractivity contribution in [2.75, 3.05) is 0 Å². The summed E-state index contributed by atoms with van der Waals surface area (Å²) in [5, 5.41) is 0. The fraction of sp³-hybridized carbons (Fsp3) is 0.647. The van der Waals surface area contributed by atoms with Crippen molar-refractivity contribution in [3.05, 3.63) is 34.9 Å². The van der Waals surface area contributed by atoms with E-state index < -0.39 is 0 Å². The number of rotatable bonds is 5. The molecule has 1 aromatic rings. The summed E-state index contributed by atoms with van der Waals surface area (Å²) in [7, 11) is 0. The van der Waals surface area contributed by atoms with Crippen LogP contribution in [0.2, 0.25) is 0 Å². The van der Waals surface area contributed by atoms with E-state index >= 15 is 0 Å². The molecule has 18 heavy (non-hydrogen) atoms. The summed E-state index contributed by atoms with van der Waals surface area (Å²) in [4.78, 5) is 0. The van der Waals surface area contributed by atoms with Crippen LogP contribution in [-0.4, -0.2) is 0 Å². The van der Waals surface area contributed by atoms with Gasteiger partial charge in [0.1, 0.15) is 0 Å². The van der Waals surface area contributed by atoms with Gasteiger partial charge in [0.25, 0.3) is 0 Å². The zero-order valence-electron chi connectivity index (χ0n) is 12.8. The lowest BCUT2D eigenvalue weighted by Gasteiger charge is -2.24. The Morgan fingerprint density at radius 2 is 1.56 bits per heavy atom. The molecular weight excluding hydrogens is 218 g/mol. The molecule has 1 nitrogen and oxygen atoms in total. The first-order chi connectivity index (χ1) is 8.38. The summed E-state index contributed by atoms with van der Waals surface area (Å²) in [6.07, 6.45) is 1.13. The lowest BCUT2D eigenvalue weighted by atomic mass is 9.84. The highest BCUT2D eigenvalue weighted by Gasteiger charge is 2.18. The van der Waals surface area contributed by atoms with Crippen molar-refractivity contribution in [2.24, 2.45) is 11.7 Å². The van der Waals surface area contributed by atoms with Gasteiger partial charge < -0.3 is 5.73 Å². The Hall–Kier alpha value is -0.820. The molecule has 0 aliphatic heterocycles. The minimum absolute atomic E-state index is 0.161. The van der Waals surface area contributed by atoms with E-state index in [1.165, 1.54) is 16.7 Å². The van der Waals surface area contributed by atoms with E-state index in [1.807, 2.05) is 0 Å². The van der Waals surface area contributed by atoms with Crippen molar-refractivity contribution < 1.29 is 0 Å². The third kappa shape index (κ3) is 3.35. The van der Waals surface area contributed by atoms with Gasteiger partial charge in [-0.15, -0.1) is 0 Å². The van der Waals surface area contributed by atoms with E-state index in [4.69, 9.17) is 5.73 Å². The Morgan fingerprint density at radius 1 is 0.944 bits per heavy atom. The zero-order valence-corrected chi connectivity index (χ0v) is 12.8. The predicted octanol–water partition coefficient (Wildman–Crippen LogP) is 4.98. The molecule has 0 aliphatic rings. The monoisotopic (exact) mass is 247 g/mol. The maximum atomic E-state index is 6.41. The van der Waals surface area contributed by atoms with Crippen LogP contribution in [0.4, 0.5) is 0 Å². The SMILES string of the molecule is CCC(C)C(N)c1ccc(C(C)C)cc1C(C)C. The summed E-state index contributed by atoms with van der Waals surface area (Å²) >= 11 is 0. The van der Waals surface area contributed by atoms with Crippen LogP contribution in [0.25, 0.3) is 0 Å². The normalized spacial score (nSPS) is 15.2. The molecular formula is C17H29N. The van der Waals surface area contributed by atoms with Crippen molar-refractivity contribution in [3.8, 4) is 0 Å². The van der Waals surface area contributed by atoms with Crippen LogP contribution in [0, 0.1) is 5.92 Å². The molecule has 0 aliphatic carbocycles. The maximum Gasteiger partial charge on any atom is 0.0323 e. The van der Waals surface area contributed by atoms with Gasteiger partial charge in [-0.2, -0.15) is 0 Å². The van der Waals surface area contributed by atoms with Crippen molar-refractivity contribution in [2.45, 2.75) is 65.8 Å². The van der Waals surface area contributed by atoms with Crippen molar-refractivity contribution >= 4 is 0 Å². The second kappa shape index (κ2) is 6.38. The molecule has 2 N–H and O–H groups in total. The fourth-order valence-corrected chi connectivity index (χ4v) is 2.32. The van der Waals surface area contributed by atoms with Gasteiger partial charge >= 0.3 is 0 Å². The fourth-order valence-electron chi connectivity index (χ4n) is 2.32. The Kier molecular flexibility index (Phi) is 5.40. The average molecular weight is 247 g/mol.